The first-order valence-electron chi connectivity index (χ1n) is 10.3. The number of nitrogens with zero attached hydrogens (tertiary/aromatic N) is 2. The number of methoxy groups -OCH3 is 1. The van der Waals surface area contributed by atoms with E-state index in [-0.39, 0.29) is 36.6 Å². The van der Waals surface area contributed by atoms with Crippen LogP contribution in [-0.4, -0.2) is 56.8 Å². The molecule has 0 saturated heterocycles. The van der Waals surface area contributed by atoms with Gasteiger partial charge in [-0.25, -0.2) is 4.99 Å². The predicted molar refractivity (Wildman–Crippen MR) is 137 cm³/mol. The number of rotatable bonds is 9. The zero-order valence-electron chi connectivity index (χ0n) is 19.7. The number of ether oxygens (including phenoxy) is 1. The highest BCUT2D eigenvalue weighted by Gasteiger charge is 2.27. The van der Waals surface area contributed by atoms with Crippen LogP contribution < -0.4 is 15.4 Å². The zero-order chi connectivity index (χ0) is 22.3. The van der Waals surface area contributed by atoms with Crippen LogP contribution >= 0.6 is 24.0 Å². The molecule has 2 aromatic rings. The summed E-state index contributed by atoms with van der Waals surface area (Å²) in [5.74, 6) is 3.00. The topological polar surface area (TPSA) is 82.3 Å². The Labute approximate surface area is 203 Å². The number of nitrogens with one attached hydrogen (secondary N) is 2. The molecule has 2 atom stereocenters. The number of benzene rings is 1. The van der Waals surface area contributed by atoms with E-state index in [9.17, 15) is 5.11 Å². The Bertz CT molecular complexity index is 832. The van der Waals surface area contributed by atoms with Crippen molar-refractivity contribution in [1.82, 2.24) is 15.5 Å². The molecule has 2 rings (SSSR count). The minimum absolute atomic E-state index is 0. The summed E-state index contributed by atoms with van der Waals surface area (Å²) in [6.45, 7) is 9.13. The van der Waals surface area contributed by atoms with Crippen molar-refractivity contribution in [3.8, 4) is 5.75 Å². The lowest BCUT2D eigenvalue weighted by molar-refractivity contribution is 0.0657. The standard InChI is InChI=1S/C23H36N4O3.HI/c1-8-24-22(26-15-23(4,28)20-13-16(2)30-17(20)3)25-14-21(27(5)6)18-9-11-19(29-7)12-10-18;/h9-13,21,28H,8,14-15H2,1-7H3,(H2,24,25,26);1H. The molecule has 8 heteroatoms. The summed E-state index contributed by atoms with van der Waals surface area (Å²) in [6.07, 6.45) is 0. The van der Waals surface area contributed by atoms with Gasteiger partial charge < -0.3 is 29.8 Å². The van der Waals surface area contributed by atoms with E-state index in [0.29, 0.717) is 12.5 Å². The molecule has 1 aromatic carbocycles. The summed E-state index contributed by atoms with van der Waals surface area (Å²) in [5.41, 5.74) is 0.839. The molecule has 0 spiro atoms. The van der Waals surface area contributed by atoms with Gasteiger partial charge in [-0.2, -0.15) is 0 Å². The van der Waals surface area contributed by atoms with Crippen LogP contribution in [0.3, 0.4) is 0 Å². The summed E-state index contributed by atoms with van der Waals surface area (Å²) < 4.78 is 10.8. The van der Waals surface area contributed by atoms with Gasteiger partial charge in [0.1, 0.15) is 22.9 Å². The van der Waals surface area contributed by atoms with Crippen molar-refractivity contribution in [2.24, 2.45) is 4.99 Å². The third-order valence-electron chi connectivity index (χ3n) is 5.10. The van der Waals surface area contributed by atoms with Crippen molar-refractivity contribution in [3.63, 3.8) is 0 Å². The lowest BCUT2D eigenvalue weighted by Crippen LogP contribution is -2.42. The summed E-state index contributed by atoms with van der Waals surface area (Å²) in [4.78, 5) is 6.79. The Morgan fingerprint density at radius 2 is 1.87 bits per heavy atom. The minimum atomic E-state index is -1.11. The number of guanidine groups is 1. The highest BCUT2D eigenvalue weighted by molar-refractivity contribution is 14.0. The molecule has 31 heavy (non-hydrogen) atoms. The van der Waals surface area contributed by atoms with Crippen molar-refractivity contribution >= 4 is 29.9 Å². The second kappa shape index (κ2) is 12.3. The van der Waals surface area contributed by atoms with Crippen molar-refractivity contribution in [3.05, 3.63) is 53.0 Å². The first kappa shape index (κ1) is 27.3. The fourth-order valence-corrected chi connectivity index (χ4v) is 3.44. The first-order valence-corrected chi connectivity index (χ1v) is 10.3. The number of aryl methyl sites for hydroxylation is 2. The largest absolute Gasteiger partial charge is 0.497 e. The van der Waals surface area contributed by atoms with E-state index in [4.69, 9.17) is 9.15 Å². The zero-order valence-corrected chi connectivity index (χ0v) is 22.0. The Balaban J connectivity index is 0.00000480. The van der Waals surface area contributed by atoms with E-state index in [2.05, 4.69) is 46.8 Å². The summed E-state index contributed by atoms with van der Waals surface area (Å²) in [6, 6.07) is 10.1. The van der Waals surface area contributed by atoms with Crippen LogP contribution in [-0.2, 0) is 5.60 Å². The third kappa shape index (κ3) is 7.69. The fraction of sp³-hybridized carbons (Fsp3) is 0.522. The molecule has 0 aliphatic rings. The Morgan fingerprint density at radius 1 is 1.23 bits per heavy atom. The van der Waals surface area contributed by atoms with E-state index in [0.717, 1.165) is 29.4 Å². The highest BCUT2D eigenvalue weighted by atomic mass is 127. The summed E-state index contributed by atoms with van der Waals surface area (Å²) in [7, 11) is 5.77. The number of hydrogen-bond donors (Lipinski definition) is 3. The summed E-state index contributed by atoms with van der Waals surface area (Å²) in [5, 5.41) is 17.6. The third-order valence-corrected chi connectivity index (χ3v) is 5.10. The number of likely N-dealkylation sites (N-methyl/N-ethyl adjacent to an activating group) is 1. The lowest BCUT2D eigenvalue weighted by atomic mass is 9.96. The maximum atomic E-state index is 10.9. The molecule has 7 nitrogen and oxygen atoms in total. The lowest BCUT2D eigenvalue weighted by Gasteiger charge is -2.27. The predicted octanol–water partition coefficient (Wildman–Crippen LogP) is 3.59. The monoisotopic (exact) mass is 544 g/mol. The average molecular weight is 544 g/mol. The average Bonchev–Trinajstić information content (AvgIpc) is 3.05. The second-order valence-electron chi connectivity index (χ2n) is 7.93. The van der Waals surface area contributed by atoms with E-state index in [1.165, 1.54) is 5.56 Å². The Morgan fingerprint density at radius 3 is 2.35 bits per heavy atom. The molecule has 1 heterocycles. The van der Waals surface area contributed by atoms with Crippen LogP contribution in [0, 0.1) is 13.8 Å². The van der Waals surface area contributed by atoms with E-state index >= 15 is 0 Å². The molecule has 2 unspecified atom stereocenters. The van der Waals surface area contributed by atoms with Gasteiger partial charge in [0.25, 0.3) is 0 Å². The van der Waals surface area contributed by atoms with Crippen LogP contribution in [0.15, 0.2) is 39.7 Å². The molecule has 1 aromatic heterocycles. The fourth-order valence-electron chi connectivity index (χ4n) is 3.44. The highest BCUT2D eigenvalue weighted by Crippen LogP contribution is 2.27. The first-order chi connectivity index (χ1) is 14.2. The van der Waals surface area contributed by atoms with Crippen LogP contribution in [0.25, 0.3) is 0 Å². The van der Waals surface area contributed by atoms with Gasteiger partial charge in [0.2, 0.25) is 0 Å². The van der Waals surface area contributed by atoms with Gasteiger partial charge in [-0.15, -0.1) is 24.0 Å². The quantitative estimate of drug-likeness (QED) is 0.255. The smallest absolute Gasteiger partial charge is 0.191 e. The van der Waals surface area contributed by atoms with Gasteiger partial charge in [-0.05, 0) is 65.6 Å². The van der Waals surface area contributed by atoms with Crippen LogP contribution in [0.1, 0.15) is 42.5 Å². The molecule has 0 radical (unpaired) electrons. The molecule has 0 fully saturated rings. The molecule has 3 N–H and O–H groups in total. The van der Waals surface area contributed by atoms with Crippen molar-refractivity contribution in [2.45, 2.75) is 39.3 Å². The number of furan rings is 1. The van der Waals surface area contributed by atoms with Gasteiger partial charge in [-0.1, -0.05) is 12.1 Å². The minimum Gasteiger partial charge on any atom is -0.497 e. The number of halogens is 1. The number of hydrogen-bond acceptors (Lipinski definition) is 5. The molecule has 0 aliphatic carbocycles. The van der Waals surface area contributed by atoms with Gasteiger partial charge >= 0.3 is 0 Å². The normalized spacial score (nSPS) is 14.5. The van der Waals surface area contributed by atoms with Crippen LogP contribution in [0.2, 0.25) is 0 Å². The molecule has 0 amide bonds. The molecule has 0 aliphatic heterocycles. The number of aliphatic hydroxyl groups is 1. The Kier molecular flexibility index (Phi) is 10.8. The number of aliphatic imine (C=N–C) groups is 1. The second-order valence-corrected chi connectivity index (χ2v) is 7.93. The SMILES string of the molecule is CCNC(=NCC(C)(O)c1cc(C)oc1C)NCC(c1ccc(OC)cc1)N(C)C.I. The van der Waals surface area contributed by atoms with E-state index in [1.54, 1.807) is 14.0 Å². The van der Waals surface area contributed by atoms with E-state index < -0.39 is 5.60 Å². The van der Waals surface area contributed by atoms with Crippen molar-refractivity contribution in [1.29, 1.82) is 0 Å². The van der Waals surface area contributed by atoms with Crippen molar-refractivity contribution in [2.75, 3.05) is 40.8 Å². The molecule has 174 valence electrons. The Hall–Kier alpha value is -1.78. The van der Waals surface area contributed by atoms with Crippen LogP contribution in [0.4, 0.5) is 0 Å². The van der Waals surface area contributed by atoms with Crippen LogP contribution in [0.5, 0.6) is 5.75 Å². The van der Waals surface area contributed by atoms with Gasteiger partial charge in [0.05, 0.1) is 19.7 Å². The molecular weight excluding hydrogens is 507 g/mol. The summed E-state index contributed by atoms with van der Waals surface area (Å²) >= 11 is 0. The molecule has 0 saturated carbocycles. The van der Waals surface area contributed by atoms with E-state index in [1.807, 2.05) is 39.0 Å². The molecular formula is C23H37IN4O3. The maximum absolute atomic E-state index is 10.9. The van der Waals surface area contributed by atoms with Gasteiger partial charge in [0, 0.05) is 18.7 Å². The van der Waals surface area contributed by atoms with Crippen molar-refractivity contribution < 1.29 is 14.3 Å². The molecule has 0 bridgehead atoms. The van der Waals surface area contributed by atoms with Gasteiger partial charge in [0.15, 0.2) is 5.96 Å². The van der Waals surface area contributed by atoms with Gasteiger partial charge in [-0.3, -0.25) is 0 Å². The maximum Gasteiger partial charge on any atom is 0.191 e.